The van der Waals surface area contributed by atoms with E-state index in [4.69, 9.17) is 23.2 Å². The quantitative estimate of drug-likeness (QED) is 0.659. The van der Waals surface area contributed by atoms with E-state index in [0.29, 0.717) is 0 Å². The van der Waals surface area contributed by atoms with Crippen molar-refractivity contribution in [1.82, 2.24) is 9.97 Å². The van der Waals surface area contributed by atoms with Gasteiger partial charge in [-0.1, -0.05) is 11.6 Å². The first-order valence-electron chi connectivity index (χ1n) is 6.20. The Morgan fingerprint density at radius 1 is 1.27 bits per heavy atom. The lowest BCUT2D eigenvalue weighted by molar-refractivity contribution is 0.587. The van der Waals surface area contributed by atoms with Crippen molar-refractivity contribution in [2.75, 3.05) is 5.32 Å². The molecule has 0 aliphatic heterocycles. The van der Waals surface area contributed by atoms with Gasteiger partial charge in [0.2, 0.25) is 5.28 Å². The third-order valence-corrected chi connectivity index (χ3v) is 5.51. The fourth-order valence-corrected chi connectivity index (χ4v) is 3.12. The minimum Gasteiger partial charge on any atom is -0.338 e. The van der Waals surface area contributed by atoms with Crippen LogP contribution in [0.5, 0.6) is 0 Å². The number of anilines is 2. The summed E-state index contributed by atoms with van der Waals surface area (Å²) in [6.45, 7) is 3.08. The van der Waals surface area contributed by atoms with Crippen molar-refractivity contribution in [3.8, 4) is 0 Å². The zero-order valence-corrected chi connectivity index (χ0v) is 14.0. The second-order valence-corrected chi connectivity index (χ2v) is 7.91. The minimum atomic E-state index is -3.62. The number of nitrogens with one attached hydrogen (secondary N) is 1. The van der Waals surface area contributed by atoms with Crippen molar-refractivity contribution in [1.29, 1.82) is 0 Å². The van der Waals surface area contributed by atoms with Crippen LogP contribution in [0.3, 0.4) is 0 Å². The molecule has 2 aromatic rings. The molecule has 0 unspecified atom stereocenters. The van der Waals surface area contributed by atoms with Crippen LogP contribution in [0.4, 0.5) is 15.9 Å². The molecule has 0 aliphatic rings. The maximum Gasteiger partial charge on any atom is 0.224 e. The molecular weight excluding hydrogens is 352 g/mol. The molecule has 0 saturated heterocycles. The van der Waals surface area contributed by atoms with Gasteiger partial charge in [-0.25, -0.2) is 17.8 Å². The first-order chi connectivity index (χ1) is 10.2. The molecule has 1 heterocycles. The van der Waals surface area contributed by atoms with E-state index in [2.05, 4.69) is 15.3 Å². The number of halogens is 3. The van der Waals surface area contributed by atoms with Crippen LogP contribution in [0.15, 0.2) is 29.3 Å². The molecule has 5 nitrogen and oxygen atoms in total. The van der Waals surface area contributed by atoms with E-state index < -0.39 is 20.9 Å². The molecule has 1 N–H and O–H groups in total. The molecule has 0 saturated carbocycles. The molecule has 9 heteroatoms. The van der Waals surface area contributed by atoms with Gasteiger partial charge in [0.15, 0.2) is 15.7 Å². The predicted molar refractivity (Wildman–Crippen MR) is 84.1 cm³/mol. The number of sulfone groups is 1. The average Bonchev–Trinajstić information content (AvgIpc) is 2.42. The van der Waals surface area contributed by atoms with Crippen molar-refractivity contribution in [3.05, 3.63) is 40.5 Å². The SMILES string of the molecule is CC(C)S(=O)(=O)c1ccc(F)cc1Nc1nc(Cl)ncc1Cl. The monoisotopic (exact) mass is 363 g/mol. The number of hydrogen-bond acceptors (Lipinski definition) is 5. The Balaban J connectivity index is 2.56. The predicted octanol–water partition coefficient (Wildman–Crippen LogP) is 3.85. The third kappa shape index (κ3) is 3.48. The van der Waals surface area contributed by atoms with E-state index in [1.54, 1.807) is 0 Å². The summed E-state index contributed by atoms with van der Waals surface area (Å²) >= 11 is 11.6. The lowest BCUT2D eigenvalue weighted by atomic mass is 10.3. The van der Waals surface area contributed by atoms with Crippen molar-refractivity contribution >= 4 is 44.5 Å². The van der Waals surface area contributed by atoms with E-state index in [9.17, 15) is 12.8 Å². The summed E-state index contributed by atoms with van der Waals surface area (Å²) in [5.41, 5.74) is 0.0327. The van der Waals surface area contributed by atoms with E-state index in [-0.39, 0.29) is 26.7 Å². The molecule has 0 fully saturated rings. The van der Waals surface area contributed by atoms with Crippen LogP contribution in [-0.2, 0) is 9.84 Å². The summed E-state index contributed by atoms with van der Waals surface area (Å²) in [5, 5.41) is 2.09. The summed E-state index contributed by atoms with van der Waals surface area (Å²) in [7, 11) is -3.62. The Bertz CT molecular complexity index is 813. The highest BCUT2D eigenvalue weighted by molar-refractivity contribution is 7.92. The third-order valence-electron chi connectivity index (χ3n) is 2.84. The van der Waals surface area contributed by atoms with Crippen LogP contribution in [0.2, 0.25) is 10.3 Å². The minimum absolute atomic E-state index is 0.0327. The van der Waals surface area contributed by atoms with E-state index >= 15 is 0 Å². The first-order valence-corrected chi connectivity index (χ1v) is 8.50. The zero-order chi connectivity index (χ0) is 16.5. The summed E-state index contributed by atoms with van der Waals surface area (Å²) in [6, 6.07) is 3.33. The van der Waals surface area contributed by atoms with Gasteiger partial charge in [-0.2, -0.15) is 4.98 Å². The second-order valence-electron chi connectivity index (χ2n) is 4.69. The van der Waals surface area contributed by atoms with E-state index in [1.807, 2.05) is 0 Å². The van der Waals surface area contributed by atoms with Crippen molar-refractivity contribution < 1.29 is 12.8 Å². The average molecular weight is 364 g/mol. The molecule has 1 aromatic heterocycles. The standard InChI is InChI=1S/C13H12Cl2FN3O2S/c1-7(2)22(20,21)11-4-3-8(16)5-10(11)18-12-9(14)6-17-13(15)19-12/h3-7H,1-2H3,(H,17,18,19). The van der Waals surface area contributed by atoms with Crippen LogP contribution in [-0.4, -0.2) is 23.6 Å². The molecule has 0 bridgehead atoms. The highest BCUT2D eigenvalue weighted by atomic mass is 35.5. The molecule has 2 rings (SSSR count). The molecular formula is C13H12Cl2FN3O2S. The van der Waals surface area contributed by atoms with Gasteiger partial charge in [0.05, 0.1) is 22.0 Å². The molecule has 1 aromatic carbocycles. The van der Waals surface area contributed by atoms with E-state index in [1.165, 1.54) is 26.1 Å². The van der Waals surface area contributed by atoms with Crippen LogP contribution in [0.25, 0.3) is 0 Å². The van der Waals surface area contributed by atoms with Crippen molar-refractivity contribution in [2.45, 2.75) is 24.0 Å². The molecule has 0 amide bonds. The number of nitrogens with zero attached hydrogens (tertiary/aromatic N) is 2. The van der Waals surface area contributed by atoms with Crippen LogP contribution in [0, 0.1) is 5.82 Å². The molecule has 0 aliphatic carbocycles. The Labute approximate surface area is 137 Å². The van der Waals surface area contributed by atoms with Gasteiger partial charge in [-0.15, -0.1) is 0 Å². The smallest absolute Gasteiger partial charge is 0.224 e. The van der Waals surface area contributed by atoms with Crippen LogP contribution < -0.4 is 5.32 Å². The summed E-state index contributed by atoms with van der Waals surface area (Å²) in [5.74, 6) is -0.506. The van der Waals surface area contributed by atoms with Crippen LogP contribution >= 0.6 is 23.2 Å². The highest BCUT2D eigenvalue weighted by Crippen LogP contribution is 2.30. The van der Waals surface area contributed by atoms with Gasteiger partial charge in [0, 0.05) is 0 Å². The summed E-state index contributed by atoms with van der Waals surface area (Å²) in [4.78, 5) is 7.50. The first kappa shape index (κ1) is 16.9. The Morgan fingerprint density at radius 2 is 1.95 bits per heavy atom. The number of rotatable bonds is 4. The molecule has 22 heavy (non-hydrogen) atoms. The number of benzene rings is 1. The van der Waals surface area contributed by atoms with Gasteiger partial charge in [0.25, 0.3) is 0 Å². The maximum atomic E-state index is 13.5. The zero-order valence-electron chi connectivity index (χ0n) is 11.6. The Morgan fingerprint density at radius 3 is 2.59 bits per heavy atom. The normalized spacial score (nSPS) is 11.7. The molecule has 0 atom stereocenters. The topological polar surface area (TPSA) is 72.0 Å². The second kappa shape index (κ2) is 6.36. The van der Waals surface area contributed by atoms with Gasteiger partial charge in [-0.3, -0.25) is 0 Å². The summed E-state index contributed by atoms with van der Waals surface area (Å²) in [6.07, 6.45) is 1.26. The molecule has 0 radical (unpaired) electrons. The highest BCUT2D eigenvalue weighted by Gasteiger charge is 2.23. The van der Waals surface area contributed by atoms with Crippen molar-refractivity contribution in [2.24, 2.45) is 0 Å². The number of hydrogen-bond donors (Lipinski definition) is 1. The lowest BCUT2D eigenvalue weighted by Gasteiger charge is -2.15. The largest absolute Gasteiger partial charge is 0.338 e. The maximum absolute atomic E-state index is 13.5. The fourth-order valence-electron chi connectivity index (χ4n) is 1.66. The van der Waals surface area contributed by atoms with E-state index in [0.717, 1.165) is 12.1 Å². The lowest BCUT2D eigenvalue weighted by Crippen LogP contribution is -2.16. The molecule has 0 spiro atoms. The van der Waals surface area contributed by atoms with Gasteiger partial charge in [0.1, 0.15) is 10.8 Å². The fraction of sp³-hybridized carbons (Fsp3) is 0.231. The molecule has 118 valence electrons. The van der Waals surface area contributed by atoms with Gasteiger partial charge in [-0.05, 0) is 43.6 Å². The Kier molecular flexibility index (Phi) is 4.89. The summed E-state index contributed by atoms with van der Waals surface area (Å²) < 4.78 is 38.2. The van der Waals surface area contributed by atoms with Crippen molar-refractivity contribution in [3.63, 3.8) is 0 Å². The van der Waals surface area contributed by atoms with Crippen LogP contribution in [0.1, 0.15) is 13.8 Å². The van der Waals surface area contributed by atoms with Gasteiger partial charge >= 0.3 is 0 Å². The van der Waals surface area contributed by atoms with Gasteiger partial charge < -0.3 is 5.32 Å². The Hall–Kier alpha value is -1.44. The number of aromatic nitrogens is 2.